The highest BCUT2D eigenvalue weighted by molar-refractivity contribution is 6.06. The lowest BCUT2D eigenvalue weighted by Gasteiger charge is -2.54. The van der Waals surface area contributed by atoms with Crippen LogP contribution in [0.4, 0.5) is 11.4 Å². The molecule has 2 heterocycles. The normalized spacial score (nSPS) is 26.1. The van der Waals surface area contributed by atoms with Crippen LogP contribution in [0, 0.1) is 0 Å². The molecule has 0 atom stereocenters. The predicted octanol–water partition coefficient (Wildman–Crippen LogP) is 3.61. The van der Waals surface area contributed by atoms with Gasteiger partial charge in [0.2, 0.25) is 5.91 Å². The van der Waals surface area contributed by atoms with Crippen molar-refractivity contribution in [3.05, 3.63) is 23.3 Å². The molecular formula is C20H29N3O. The van der Waals surface area contributed by atoms with Crippen molar-refractivity contribution in [2.24, 2.45) is 0 Å². The van der Waals surface area contributed by atoms with E-state index in [1.807, 2.05) is 0 Å². The highest BCUT2D eigenvalue weighted by Gasteiger charge is 2.53. The molecule has 4 heteroatoms. The van der Waals surface area contributed by atoms with Gasteiger partial charge in [-0.05, 0) is 89.5 Å². The Morgan fingerprint density at radius 3 is 2.00 bits per heavy atom. The summed E-state index contributed by atoms with van der Waals surface area (Å²) in [5.41, 5.74) is 4.21. The molecule has 0 saturated carbocycles. The van der Waals surface area contributed by atoms with Crippen LogP contribution in [0.2, 0.25) is 0 Å². The van der Waals surface area contributed by atoms with Crippen LogP contribution in [0.15, 0.2) is 12.1 Å². The first kappa shape index (κ1) is 15.9. The molecule has 0 radical (unpaired) electrons. The van der Waals surface area contributed by atoms with Gasteiger partial charge in [-0.3, -0.25) is 4.79 Å². The molecule has 0 unspecified atom stereocenters. The van der Waals surface area contributed by atoms with Gasteiger partial charge in [0.25, 0.3) is 0 Å². The molecule has 1 aromatic rings. The first-order chi connectivity index (χ1) is 11.2. The Morgan fingerprint density at radius 1 is 0.875 bits per heavy atom. The van der Waals surface area contributed by atoms with Crippen molar-refractivity contribution in [1.82, 2.24) is 5.32 Å². The molecule has 3 N–H and O–H groups in total. The van der Waals surface area contributed by atoms with E-state index in [0.29, 0.717) is 0 Å². The zero-order chi connectivity index (χ0) is 17.2. The summed E-state index contributed by atoms with van der Waals surface area (Å²) in [4.78, 5) is 13.1. The molecule has 130 valence electrons. The summed E-state index contributed by atoms with van der Waals surface area (Å²) >= 11 is 0. The van der Waals surface area contributed by atoms with Crippen molar-refractivity contribution in [2.45, 2.75) is 82.8 Å². The average molecular weight is 327 g/mol. The highest BCUT2D eigenvalue weighted by atomic mass is 16.2. The molecule has 1 aromatic carbocycles. The third kappa shape index (κ3) is 2.61. The van der Waals surface area contributed by atoms with Gasteiger partial charge in [0.1, 0.15) is 5.54 Å². The second-order valence-corrected chi connectivity index (χ2v) is 9.28. The van der Waals surface area contributed by atoms with E-state index in [2.05, 4.69) is 55.8 Å². The largest absolute Gasteiger partial charge is 0.369 e. The monoisotopic (exact) mass is 327 g/mol. The molecule has 1 saturated heterocycles. The number of hydrogen-bond donors (Lipinski definition) is 3. The SMILES string of the molecule is CC1(C)CC2(CC(C)(C)N1)Nc1cc3c(cc1NC2=O)CCCC3. The molecule has 0 bridgehead atoms. The lowest BCUT2D eigenvalue weighted by atomic mass is 9.69. The number of carbonyl (C=O) groups is 1. The summed E-state index contributed by atoms with van der Waals surface area (Å²) in [5.74, 6) is 0.119. The van der Waals surface area contributed by atoms with Gasteiger partial charge in [-0.1, -0.05) is 0 Å². The van der Waals surface area contributed by atoms with E-state index in [1.165, 1.54) is 24.0 Å². The third-order valence-electron chi connectivity index (χ3n) is 5.70. The lowest BCUT2D eigenvalue weighted by molar-refractivity contribution is -0.123. The number of benzene rings is 1. The van der Waals surface area contributed by atoms with Gasteiger partial charge in [-0.15, -0.1) is 0 Å². The standard InChI is InChI=1S/C20H29N3O/c1-18(2)11-20(12-19(3,4)23-18)17(24)21-15-9-13-7-5-6-8-14(13)10-16(15)22-20/h9-10,22-23H,5-8,11-12H2,1-4H3,(H,21,24). The number of anilines is 2. The molecule has 24 heavy (non-hydrogen) atoms. The minimum atomic E-state index is -0.534. The minimum absolute atomic E-state index is 0.0855. The molecule has 1 aliphatic carbocycles. The van der Waals surface area contributed by atoms with E-state index in [1.54, 1.807) is 0 Å². The maximum absolute atomic E-state index is 13.1. The topological polar surface area (TPSA) is 53.2 Å². The van der Waals surface area contributed by atoms with Crippen molar-refractivity contribution < 1.29 is 4.79 Å². The Balaban J connectivity index is 1.74. The second kappa shape index (κ2) is 4.98. The van der Waals surface area contributed by atoms with Gasteiger partial charge >= 0.3 is 0 Å². The van der Waals surface area contributed by atoms with Gasteiger partial charge in [-0.25, -0.2) is 0 Å². The Bertz CT molecular complexity index is 689. The summed E-state index contributed by atoms with van der Waals surface area (Å²) < 4.78 is 0. The molecule has 1 fully saturated rings. The van der Waals surface area contributed by atoms with Crippen molar-refractivity contribution in [3.8, 4) is 0 Å². The quantitative estimate of drug-likeness (QED) is 0.682. The number of fused-ring (bicyclic) bond motifs is 2. The fourth-order valence-electron chi connectivity index (χ4n) is 5.37. The molecule has 3 aliphatic rings. The summed E-state index contributed by atoms with van der Waals surface area (Å²) in [6.45, 7) is 8.75. The number of rotatable bonds is 0. The first-order valence-electron chi connectivity index (χ1n) is 9.23. The zero-order valence-electron chi connectivity index (χ0n) is 15.3. The predicted molar refractivity (Wildman–Crippen MR) is 98.6 cm³/mol. The number of hydrogen-bond acceptors (Lipinski definition) is 3. The molecule has 0 aromatic heterocycles. The van der Waals surface area contributed by atoms with E-state index >= 15 is 0 Å². The molecule has 2 aliphatic heterocycles. The van der Waals surface area contributed by atoms with Crippen molar-refractivity contribution in [2.75, 3.05) is 10.6 Å². The molecule has 1 amide bonds. The number of aryl methyl sites for hydroxylation is 2. The van der Waals surface area contributed by atoms with Crippen molar-refractivity contribution >= 4 is 17.3 Å². The highest BCUT2D eigenvalue weighted by Crippen LogP contribution is 2.44. The van der Waals surface area contributed by atoms with E-state index in [4.69, 9.17) is 0 Å². The van der Waals surface area contributed by atoms with Gasteiger partial charge in [-0.2, -0.15) is 0 Å². The fourth-order valence-corrected chi connectivity index (χ4v) is 5.37. The summed E-state index contributed by atoms with van der Waals surface area (Å²) in [7, 11) is 0. The van der Waals surface area contributed by atoms with Gasteiger partial charge in [0.05, 0.1) is 11.4 Å². The van der Waals surface area contributed by atoms with Crippen LogP contribution in [-0.2, 0) is 17.6 Å². The Kier molecular flexibility index (Phi) is 3.31. The molecular weight excluding hydrogens is 298 g/mol. The fraction of sp³-hybridized carbons (Fsp3) is 0.650. The van der Waals surface area contributed by atoms with Crippen LogP contribution in [-0.4, -0.2) is 22.5 Å². The Morgan fingerprint density at radius 2 is 1.42 bits per heavy atom. The van der Waals surface area contributed by atoms with Gasteiger partial charge in [0, 0.05) is 11.1 Å². The van der Waals surface area contributed by atoms with E-state index in [9.17, 15) is 4.79 Å². The molecule has 4 nitrogen and oxygen atoms in total. The van der Waals surface area contributed by atoms with Crippen LogP contribution in [0.25, 0.3) is 0 Å². The zero-order valence-corrected chi connectivity index (χ0v) is 15.3. The first-order valence-corrected chi connectivity index (χ1v) is 9.23. The number of nitrogens with one attached hydrogen (secondary N) is 3. The average Bonchev–Trinajstić information content (AvgIpc) is 2.43. The van der Waals surface area contributed by atoms with E-state index in [-0.39, 0.29) is 17.0 Å². The number of piperidine rings is 1. The minimum Gasteiger partial charge on any atom is -0.369 e. The Hall–Kier alpha value is -1.55. The Labute approximate surface area is 144 Å². The second-order valence-electron chi connectivity index (χ2n) is 9.28. The summed E-state index contributed by atoms with van der Waals surface area (Å²) in [5, 5.41) is 10.6. The number of amides is 1. The summed E-state index contributed by atoms with van der Waals surface area (Å²) in [6.07, 6.45) is 6.38. The van der Waals surface area contributed by atoms with Crippen LogP contribution in [0.3, 0.4) is 0 Å². The lowest BCUT2D eigenvalue weighted by Crippen LogP contribution is -2.69. The van der Waals surface area contributed by atoms with Crippen LogP contribution in [0.5, 0.6) is 0 Å². The van der Waals surface area contributed by atoms with Crippen molar-refractivity contribution in [1.29, 1.82) is 0 Å². The molecule has 4 rings (SSSR count). The van der Waals surface area contributed by atoms with Crippen LogP contribution in [0.1, 0.15) is 64.5 Å². The maximum Gasteiger partial charge on any atom is 0.250 e. The van der Waals surface area contributed by atoms with Crippen LogP contribution >= 0.6 is 0 Å². The van der Waals surface area contributed by atoms with E-state index < -0.39 is 5.54 Å². The smallest absolute Gasteiger partial charge is 0.250 e. The number of carbonyl (C=O) groups excluding carboxylic acids is 1. The van der Waals surface area contributed by atoms with Crippen molar-refractivity contribution in [3.63, 3.8) is 0 Å². The maximum atomic E-state index is 13.1. The summed E-state index contributed by atoms with van der Waals surface area (Å²) in [6, 6.07) is 4.48. The van der Waals surface area contributed by atoms with Gasteiger partial charge in [0.15, 0.2) is 0 Å². The third-order valence-corrected chi connectivity index (χ3v) is 5.70. The van der Waals surface area contributed by atoms with Gasteiger partial charge < -0.3 is 16.0 Å². The van der Waals surface area contributed by atoms with E-state index in [0.717, 1.165) is 37.1 Å². The molecule has 1 spiro atoms. The van der Waals surface area contributed by atoms with Crippen LogP contribution < -0.4 is 16.0 Å².